The molecule has 0 unspecified atom stereocenters. The van der Waals surface area contributed by atoms with Crippen molar-refractivity contribution < 1.29 is 19.0 Å². The number of hydrogen-bond acceptors (Lipinski definition) is 4. The van der Waals surface area contributed by atoms with Gasteiger partial charge in [-0.2, -0.15) is 0 Å². The lowest BCUT2D eigenvalue weighted by Gasteiger charge is -2.21. The Labute approximate surface area is 152 Å². The van der Waals surface area contributed by atoms with Crippen molar-refractivity contribution in [3.8, 4) is 17.2 Å². The predicted molar refractivity (Wildman–Crippen MR) is 100 cm³/mol. The van der Waals surface area contributed by atoms with E-state index in [9.17, 15) is 4.79 Å². The van der Waals surface area contributed by atoms with Gasteiger partial charge in [0.05, 0.1) is 7.11 Å². The van der Waals surface area contributed by atoms with Crippen LogP contribution in [0, 0.1) is 0 Å². The molecular weight excluding hydrogens is 330 g/mol. The third kappa shape index (κ3) is 2.90. The lowest BCUT2D eigenvalue weighted by molar-refractivity contribution is -0.114. The lowest BCUT2D eigenvalue weighted by Crippen LogP contribution is -2.34. The topological polar surface area (TPSA) is 48.0 Å². The number of nitrogens with zero attached hydrogens (tertiary/aromatic N) is 1. The standard InChI is InChI=1S/C21H21NO4/c1-14-11-16-5-3-4-6-17(16)22(14)20(23)8-7-15-12-18(24-2)21-19(13-15)25-9-10-26-21/h3-8,12-14H,9-11H2,1-2H3/b8-7+/t14-/m1/s1. The summed E-state index contributed by atoms with van der Waals surface area (Å²) in [4.78, 5) is 14.6. The zero-order chi connectivity index (χ0) is 18.1. The first-order valence-corrected chi connectivity index (χ1v) is 8.74. The first-order valence-electron chi connectivity index (χ1n) is 8.74. The molecule has 2 aliphatic heterocycles. The highest BCUT2D eigenvalue weighted by Gasteiger charge is 2.29. The van der Waals surface area contributed by atoms with Crippen molar-refractivity contribution in [2.75, 3.05) is 25.2 Å². The monoisotopic (exact) mass is 351 g/mol. The second-order valence-electron chi connectivity index (χ2n) is 6.47. The van der Waals surface area contributed by atoms with E-state index in [1.165, 1.54) is 5.56 Å². The molecule has 0 spiro atoms. The van der Waals surface area contributed by atoms with Gasteiger partial charge in [0.15, 0.2) is 11.5 Å². The first-order chi connectivity index (χ1) is 12.7. The van der Waals surface area contributed by atoms with Crippen LogP contribution < -0.4 is 19.1 Å². The minimum atomic E-state index is -0.0312. The van der Waals surface area contributed by atoms with Gasteiger partial charge in [-0.05, 0) is 48.7 Å². The van der Waals surface area contributed by atoms with Crippen molar-refractivity contribution in [1.29, 1.82) is 0 Å². The van der Waals surface area contributed by atoms with Gasteiger partial charge < -0.3 is 19.1 Å². The summed E-state index contributed by atoms with van der Waals surface area (Å²) < 4.78 is 16.6. The van der Waals surface area contributed by atoms with E-state index in [1.54, 1.807) is 19.3 Å². The molecule has 2 aromatic carbocycles. The highest BCUT2D eigenvalue weighted by Crippen LogP contribution is 2.40. The minimum absolute atomic E-state index is 0.0312. The van der Waals surface area contributed by atoms with Gasteiger partial charge >= 0.3 is 0 Å². The third-order valence-electron chi connectivity index (χ3n) is 4.71. The maximum Gasteiger partial charge on any atom is 0.251 e. The van der Waals surface area contributed by atoms with Crippen LogP contribution in [0.5, 0.6) is 17.2 Å². The smallest absolute Gasteiger partial charge is 0.251 e. The summed E-state index contributed by atoms with van der Waals surface area (Å²) in [6, 6.07) is 11.9. The number of carbonyl (C=O) groups is 1. The summed E-state index contributed by atoms with van der Waals surface area (Å²) in [6.45, 7) is 3.08. The molecule has 5 nitrogen and oxygen atoms in total. The Morgan fingerprint density at radius 2 is 2.04 bits per heavy atom. The Morgan fingerprint density at radius 3 is 2.88 bits per heavy atom. The van der Waals surface area contributed by atoms with Crippen LogP contribution >= 0.6 is 0 Å². The third-order valence-corrected chi connectivity index (χ3v) is 4.71. The molecule has 0 fully saturated rings. The molecule has 0 saturated heterocycles. The summed E-state index contributed by atoms with van der Waals surface area (Å²) in [5.74, 6) is 1.83. The fourth-order valence-corrected chi connectivity index (χ4v) is 3.54. The normalized spacial score (nSPS) is 18.1. The highest BCUT2D eigenvalue weighted by molar-refractivity contribution is 6.05. The number of rotatable bonds is 3. The molecule has 0 saturated carbocycles. The Kier molecular flexibility index (Phi) is 4.29. The zero-order valence-electron chi connectivity index (χ0n) is 14.9. The van der Waals surface area contributed by atoms with Crippen molar-refractivity contribution in [2.45, 2.75) is 19.4 Å². The molecule has 0 aliphatic carbocycles. The Morgan fingerprint density at radius 1 is 1.23 bits per heavy atom. The summed E-state index contributed by atoms with van der Waals surface area (Å²) in [5, 5.41) is 0. The number of para-hydroxylation sites is 1. The van der Waals surface area contributed by atoms with Crippen molar-refractivity contribution in [1.82, 2.24) is 0 Å². The van der Waals surface area contributed by atoms with Crippen molar-refractivity contribution in [3.05, 3.63) is 53.6 Å². The molecule has 4 rings (SSSR count). The Hall–Kier alpha value is -2.95. The number of ether oxygens (including phenoxy) is 3. The average Bonchev–Trinajstić information content (AvgIpc) is 3.01. The van der Waals surface area contributed by atoms with Gasteiger partial charge in [-0.1, -0.05) is 18.2 Å². The van der Waals surface area contributed by atoms with Crippen LogP contribution in [0.25, 0.3) is 6.08 Å². The number of benzene rings is 2. The first kappa shape index (κ1) is 16.5. The van der Waals surface area contributed by atoms with E-state index >= 15 is 0 Å². The molecule has 2 heterocycles. The van der Waals surface area contributed by atoms with Crippen LogP contribution in [0.4, 0.5) is 5.69 Å². The van der Waals surface area contributed by atoms with Crippen LogP contribution in [0.2, 0.25) is 0 Å². The minimum Gasteiger partial charge on any atom is -0.493 e. The van der Waals surface area contributed by atoms with Gasteiger partial charge in [-0.25, -0.2) is 0 Å². The van der Waals surface area contributed by atoms with Crippen LogP contribution in [0.3, 0.4) is 0 Å². The molecule has 26 heavy (non-hydrogen) atoms. The molecule has 1 amide bonds. The van der Waals surface area contributed by atoms with Crippen molar-refractivity contribution in [3.63, 3.8) is 0 Å². The van der Waals surface area contributed by atoms with E-state index in [2.05, 4.69) is 13.0 Å². The van der Waals surface area contributed by atoms with Crippen molar-refractivity contribution in [2.24, 2.45) is 0 Å². The number of amides is 1. The largest absolute Gasteiger partial charge is 0.493 e. The average molecular weight is 351 g/mol. The van der Waals surface area contributed by atoms with Gasteiger partial charge in [0.25, 0.3) is 5.91 Å². The van der Waals surface area contributed by atoms with E-state index in [-0.39, 0.29) is 11.9 Å². The molecule has 0 radical (unpaired) electrons. The van der Waals surface area contributed by atoms with Gasteiger partial charge in [0.2, 0.25) is 5.75 Å². The van der Waals surface area contributed by atoms with Crippen LogP contribution in [0.1, 0.15) is 18.1 Å². The maximum absolute atomic E-state index is 12.8. The molecule has 0 N–H and O–H groups in total. The van der Waals surface area contributed by atoms with Gasteiger partial charge in [0.1, 0.15) is 13.2 Å². The van der Waals surface area contributed by atoms with Gasteiger partial charge in [-0.15, -0.1) is 0 Å². The van der Waals surface area contributed by atoms with Crippen LogP contribution in [-0.4, -0.2) is 32.3 Å². The van der Waals surface area contributed by atoms with Crippen LogP contribution in [-0.2, 0) is 11.2 Å². The van der Waals surface area contributed by atoms with E-state index in [4.69, 9.17) is 14.2 Å². The van der Waals surface area contributed by atoms with Crippen molar-refractivity contribution >= 4 is 17.7 Å². The second kappa shape index (κ2) is 6.75. The second-order valence-corrected chi connectivity index (χ2v) is 6.47. The summed E-state index contributed by atoms with van der Waals surface area (Å²) in [7, 11) is 1.59. The molecule has 0 aromatic heterocycles. The zero-order valence-corrected chi connectivity index (χ0v) is 14.9. The number of fused-ring (bicyclic) bond motifs is 2. The summed E-state index contributed by atoms with van der Waals surface area (Å²) in [6.07, 6.45) is 4.27. The molecular formula is C21H21NO4. The van der Waals surface area contributed by atoms with Crippen LogP contribution in [0.15, 0.2) is 42.5 Å². The predicted octanol–water partition coefficient (Wildman–Crippen LogP) is 3.46. The van der Waals surface area contributed by atoms with Gasteiger partial charge in [-0.3, -0.25) is 4.79 Å². The quantitative estimate of drug-likeness (QED) is 0.795. The number of hydrogen-bond donors (Lipinski definition) is 0. The molecule has 2 aliphatic rings. The molecule has 1 atom stereocenters. The molecule has 5 heteroatoms. The van der Waals surface area contributed by atoms with E-state index < -0.39 is 0 Å². The van der Waals surface area contributed by atoms with E-state index in [0.29, 0.717) is 30.5 Å². The van der Waals surface area contributed by atoms with E-state index in [1.807, 2.05) is 35.2 Å². The number of methoxy groups -OCH3 is 1. The lowest BCUT2D eigenvalue weighted by atomic mass is 10.1. The molecule has 134 valence electrons. The Balaban J connectivity index is 1.59. The number of anilines is 1. The number of carbonyl (C=O) groups excluding carboxylic acids is 1. The van der Waals surface area contributed by atoms with Gasteiger partial charge in [0, 0.05) is 17.8 Å². The summed E-state index contributed by atoms with van der Waals surface area (Å²) in [5.41, 5.74) is 3.04. The fraction of sp³-hybridized carbons (Fsp3) is 0.286. The molecule has 0 bridgehead atoms. The maximum atomic E-state index is 12.8. The highest BCUT2D eigenvalue weighted by atomic mass is 16.6. The fourth-order valence-electron chi connectivity index (χ4n) is 3.54. The van der Waals surface area contributed by atoms with E-state index in [0.717, 1.165) is 17.7 Å². The summed E-state index contributed by atoms with van der Waals surface area (Å²) >= 11 is 0. The molecule has 2 aromatic rings. The Bertz CT molecular complexity index is 857. The SMILES string of the molecule is COc1cc(/C=C/C(=O)N2c3ccccc3C[C@H]2C)cc2c1OCCO2.